The Kier molecular flexibility index (Phi) is 7.83. The van der Waals surface area contributed by atoms with E-state index in [0.29, 0.717) is 48.4 Å². The summed E-state index contributed by atoms with van der Waals surface area (Å²) in [7, 11) is 1.56. The monoisotopic (exact) mass is 568 g/mol. The van der Waals surface area contributed by atoms with E-state index in [1.807, 2.05) is 0 Å². The van der Waals surface area contributed by atoms with Gasteiger partial charge in [-0.25, -0.2) is 19.6 Å². The zero-order chi connectivity index (χ0) is 29.1. The summed E-state index contributed by atoms with van der Waals surface area (Å²) in [6.07, 6.45) is -0.331. The fraction of sp³-hybridized carbons (Fsp3) is 0.333. The van der Waals surface area contributed by atoms with Crippen LogP contribution in [-0.4, -0.2) is 68.3 Å². The van der Waals surface area contributed by atoms with Crippen LogP contribution in [0.4, 0.5) is 24.8 Å². The van der Waals surface area contributed by atoms with Gasteiger partial charge in [-0.1, -0.05) is 12.1 Å². The molecule has 11 nitrogen and oxygen atoms in total. The normalized spacial score (nSPS) is 15.7. The molecule has 0 saturated carbocycles. The largest absolute Gasteiger partial charge is 0.416 e. The van der Waals surface area contributed by atoms with Gasteiger partial charge in [0.25, 0.3) is 5.91 Å². The van der Waals surface area contributed by atoms with E-state index in [-0.39, 0.29) is 29.1 Å². The zero-order valence-electron chi connectivity index (χ0n) is 22.1. The number of nitrogens with zero attached hydrogens (tertiary/aromatic N) is 6. The van der Waals surface area contributed by atoms with E-state index < -0.39 is 17.6 Å². The molecule has 1 atom stereocenters. The molecule has 1 fully saturated rings. The minimum absolute atomic E-state index is 0.0107. The van der Waals surface area contributed by atoms with Crippen LogP contribution in [0.25, 0.3) is 22.3 Å². The van der Waals surface area contributed by atoms with E-state index in [2.05, 4.69) is 20.3 Å². The number of aromatic nitrogens is 5. The molecule has 1 saturated heterocycles. The molecule has 3 aromatic heterocycles. The van der Waals surface area contributed by atoms with Gasteiger partial charge in [0, 0.05) is 37.5 Å². The van der Waals surface area contributed by atoms with Crippen molar-refractivity contribution in [2.75, 3.05) is 37.9 Å². The summed E-state index contributed by atoms with van der Waals surface area (Å²) in [5.41, 5.74) is 7.20. The van der Waals surface area contributed by atoms with Gasteiger partial charge < -0.3 is 20.7 Å². The molecule has 0 unspecified atom stereocenters. The lowest BCUT2D eigenvalue weighted by atomic mass is 10.1. The predicted octanol–water partition coefficient (Wildman–Crippen LogP) is 3.94. The topological polar surface area (TPSA) is 141 Å². The summed E-state index contributed by atoms with van der Waals surface area (Å²) in [6.45, 7) is 1.47. The summed E-state index contributed by atoms with van der Waals surface area (Å²) >= 11 is 0. The van der Waals surface area contributed by atoms with E-state index in [4.69, 9.17) is 15.6 Å². The second-order valence-electron chi connectivity index (χ2n) is 9.59. The number of hydrogen-bond acceptors (Lipinski definition) is 8. The average Bonchev–Trinajstić information content (AvgIpc) is 3.37. The molecule has 4 heterocycles. The Labute approximate surface area is 232 Å². The van der Waals surface area contributed by atoms with Crippen LogP contribution in [0.1, 0.15) is 41.2 Å². The quantitative estimate of drug-likeness (QED) is 0.342. The molecule has 0 bridgehead atoms. The number of benzene rings is 1. The summed E-state index contributed by atoms with van der Waals surface area (Å²) in [5, 5.41) is 7.76. The maximum absolute atomic E-state index is 13.0. The Balaban J connectivity index is 1.40. The summed E-state index contributed by atoms with van der Waals surface area (Å²) in [6, 6.07) is 7.84. The minimum atomic E-state index is -4.56. The number of amides is 2. The number of nitrogens with one attached hydrogen (secondary N) is 1. The van der Waals surface area contributed by atoms with E-state index in [1.165, 1.54) is 18.5 Å². The predicted molar refractivity (Wildman–Crippen MR) is 144 cm³/mol. The molecule has 0 spiro atoms. The summed E-state index contributed by atoms with van der Waals surface area (Å²) < 4.78 is 45.8. The number of nitrogens with two attached hydrogens (primary N) is 1. The van der Waals surface area contributed by atoms with Gasteiger partial charge in [-0.15, -0.1) is 0 Å². The highest BCUT2D eigenvalue weighted by molar-refractivity contribution is 6.04. The molecule has 0 aliphatic carbocycles. The van der Waals surface area contributed by atoms with Crippen LogP contribution in [0, 0.1) is 0 Å². The fourth-order valence-electron chi connectivity index (χ4n) is 4.82. The van der Waals surface area contributed by atoms with Crippen molar-refractivity contribution in [2.24, 2.45) is 0 Å². The van der Waals surface area contributed by atoms with Crippen molar-refractivity contribution < 1.29 is 27.5 Å². The van der Waals surface area contributed by atoms with E-state index in [9.17, 15) is 22.8 Å². The van der Waals surface area contributed by atoms with Crippen molar-refractivity contribution in [1.82, 2.24) is 29.6 Å². The lowest BCUT2D eigenvalue weighted by Gasteiger charge is -2.33. The Morgan fingerprint density at radius 3 is 2.66 bits per heavy atom. The fourth-order valence-corrected chi connectivity index (χ4v) is 4.82. The lowest BCUT2D eigenvalue weighted by Crippen LogP contribution is -2.41. The highest BCUT2D eigenvalue weighted by atomic mass is 19.4. The summed E-state index contributed by atoms with van der Waals surface area (Å²) in [5.74, 6) is -0.595. The molecule has 14 heteroatoms. The SMILES string of the molecule is COCCC(=O)N1CCC[C@@H](n2nc(-c3ccc(C(=O)Nc4cc(C(F)(F)F)ccn4)cc3)c3c(N)ncnc32)C1. The third-order valence-electron chi connectivity index (χ3n) is 6.88. The van der Waals surface area contributed by atoms with Gasteiger partial charge in [-0.2, -0.15) is 18.3 Å². The molecule has 3 N–H and O–H groups in total. The number of likely N-dealkylation sites (tertiary alicyclic amines) is 1. The zero-order valence-corrected chi connectivity index (χ0v) is 22.1. The van der Waals surface area contributed by atoms with Crippen LogP contribution in [0.5, 0.6) is 0 Å². The number of nitrogen functional groups attached to an aromatic ring is 1. The Hall–Kier alpha value is -4.59. The maximum atomic E-state index is 13.0. The van der Waals surface area contributed by atoms with E-state index in [1.54, 1.807) is 28.8 Å². The van der Waals surface area contributed by atoms with Crippen molar-refractivity contribution >= 4 is 34.5 Å². The van der Waals surface area contributed by atoms with Gasteiger partial charge in [0.05, 0.1) is 30.0 Å². The molecular weight excluding hydrogens is 541 g/mol. The van der Waals surface area contributed by atoms with Gasteiger partial charge in [0.2, 0.25) is 5.91 Å². The number of piperidine rings is 1. The molecular formula is C27H27F3N8O3. The Morgan fingerprint density at radius 1 is 1.15 bits per heavy atom. The number of halogens is 3. The Bertz CT molecular complexity index is 1570. The third kappa shape index (κ3) is 5.96. The standard InChI is InChI=1S/C27H27F3N8O3/c1-41-12-9-21(39)37-11-2-3-19(14-37)38-25-22(24(31)33-15-34-25)23(36-38)16-4-6-17(7-5-16)26(40)35-20-13-18(8-10-32-20)27(28,29)30/h4-8,10,13,15,19H,2-3,9,11-12,14H2,1H3,(H2,31,33,34)(H,32,35,40)/t19-/m1/s1. The van der Waals surface area contributed by atoms with Gasteiger partial charge in [0.1, 0.15) is 23.7 Å². The maximum Gasteiger partial charge on any atom is 0.416 e. The number of carbonyl (C=O) groups excluding carboxylic acids is 2. The molecule has 41 heavy (non-hydrogen) atoms. The molecule has 5 rings (SSSR count). The van der Waals surface area contributed by atoms with Crippen LogP contribution in [0.15, 0.2) is 48.9 Å². The van der Waals surface area contributed by atoms with Gasteiger partial charge in [-0.3, -0.25) is 9.59 Å². The molecule has 0 radical (unpaired) electrons. The smallest absolute Gasteiger partial charge is 0.384 e. The number of alkyl halides is 3. The average molecular weight is 569 g/mol. The Morgan fingerprint density at radius 2 is 1.93 bits per heavy atom. The second kappa shape index (κ2) is 11.5. The van der Waals surface area contributed by atoms with Crippen molar-refractivity contribution in [3.8, 4) is 11.3 Å². The molecule has 2 amide bonds. The first-order valence-electron chi connectivity index (χ1n) is 12.9. The van der Waals surface area contributed by atoms with Crippen LogP contribution < -0.4 is 11.1 Å². The lowest BCUT2D eigenvalue weighted by molar-refractivity contribution is -0.137. The van der Waals surface area contributed by atoms with Gasteiger partial charge in [-0.05, 0) is 37.1 Å². The number of fused-ring (bicyclic) bond motifs is 1. The van der Waals surface area contributed by atoms with Crippen molar-refractivity contribution in [1.29, 1.82) is 0 Å². The van der Waals surface area contributed by atoms with Gasteiger partial charge >= 0.3 is 6.18 Å². The number of pyridine rings is 1. The molecule has 1 aliphatic heterocycles. The van der Waals surface area contributed by atoms with Crippen LogP contribution in [0.2, 0.25) is 0 Å². The number of carbonyl (C=O) groups is 2. The van der Waals surface area contributed by atoms with Crippen molar-refractivity contribution in [2.45, 2.75) is 31.5 Å². The first kappa shape index (κ1) is 28.0. The van der Waals surface area contributed by atoms with Crippen molar-refractivity contribution in [3.63, 3.8) is 0 Å². The first-order chi connectivity index (χ1) is 19.7. The minimum Gasteiger partial charge on any atom is -0.384 e. The number of methoxy groups -OCH3 is 1. The highest BCUT2D eigenvalue weighted by Gasteiger charge is 2.31. The third-order valence-corrected chi connectivity index (χ3v) is 6.88. The molecule has 4 aromatic rings. The highest BCUT2D eigenvalue weighted by Crippen LogP contribution is 2.34. The molecule has 1 aliphatic rings. The van der Waals surface area contributed by atoms with Crippen LogP contribution in [0.3, 0.4) is 0 Å². The summed E-state index contributed by atoms with van der Waals surface area (Å²) in [4.78, 5) is 39.5. The van der Waals surface area contributed by atoms with E-state index in [0.717, 1.165) is 31.2 Å². The van der Waals surface area contributed by atoms with Crippen LogP contribution >= 0.6 is 0 Å². The van der Waals surface area contributed by atoms with Gasteiger partial charge in [0.15, 0.2) is 5.65 Å². The number of hydrogen-bond donors (Lipinski definition) is 2. The van der Waals surface area contributed by atoms with Crippen LogP contribution in [-0.2, 0) is 15.7 Å². The number of ether oxygens (including phenoxy) is 1. The number of rotatable bonds is 7. The van der Waals surface area contributed by atoms with E-state index >= 15 is 0 Å². The number of anilines is 2. The van der Waals surface area contributed by atoms with Crippen molar-refractivity contribution in [3.05, 3.63) is 60.0 Å². The second-order valence-corrected chi connectivity index (χ2v) is 9.59. The molecule has 214 valence electrons. The first-order valence-corrected chi connectivity index (χ1v) is 12.9. The molecule has 1 aromatic carbocycles.